The van der Waals surface area contributed by atoms with Gasteiger partial charge in [-0.25, -0.2) is 0 Å². The molecule has 206 valence electrons. The van der Waals surface area contributed by atoms with Gasteiger partial charge in [-0.05, 0) is 45.4 Å². The second-order valence-corrected chi connectivity index (χ2v) is 12.1. The van der Waals surface area contributed by atoms with E-state index in [-0.39, 0.29) is 35.5 Å². The number of thioether (sulfide) groups is 1. The molecular formula is C26H37N7O4S. The van der Waals surface area contributed by atoms with Gasteiger partial charge < -0.3 is 36.7 Å². The number of oxime groups is 1. The van der Waals surface area contributed by atoms with E-state index in [9.17, 15) is 14.4 Å². The number of likely N-dealkylation sites (N-methyl/N-ethyl adjacent to an activating group) is 1. The van der Waals surface area contributed by atoms with E-state index in [0.717, 1.165) is 25.2 Å². The summed E-state index contributed by atoms with van der Waals surface area (Å²) in [5, 5.41) is 21.6. The van der Waals surface area contributed by atoms with Crippen molar-refractivity contribution in [2.24, 2.45) is 16.8 Å². The van der Waals surface area contributed by atoms with Gasteiger partial charge in [0.25, 0.3) is 11.8 Å². The molecule has 2 aliphatic heterocycles. The SMILES string of the molecule is CN1CCC2=C(C1)SC(C)(C(=O)N[C@@H]1C[C@@H](C(=O)N(C)C)CC[C@@H]1NC(=O)c1cccc(/C(N)=N/O)c1)N2. The van der Waals surface area contributed by atoms with Crippen molar-refractivity contribution < 1.29 is 19.6 Å². The molecule has 2 heterocycles. The van der Waals surface area contributed by atoms with E-state index in [2.05, 4.69) is 33.1 Å². The topological polar surface area (TPSA) is 152 Å². The van der Waals surface area contributed by atoms with Crippen LogP contribution in [0.4, 0.5) is 0 Å². The van der Waals surface area contributed by atoms with Crippen molar-refractivity contribution >= 4 is 35.3 Å². The van der Waals surface area contributed by atoms with E-state index in [0.29, 0.717) is 30.4 Å². The van der Waals surface area contributed by atoms with E-state index in [4.69, 9.17) is 10.9 Å². The van der Waals surface area contributed by atoms with Gasteiger partial charge in [0, 0.05) is 73.3 Å². The fourth-order valence-corrected chi connectivity index (χ4v) is 6.66. The van der Waals surface area contributed by atoms with E-state index < -0.39 is 10.9 Å². The summed E-state index contributed by atoms with van der Waals surface area (Å²) in [5.41, 5.74) is 7.58. The highest BCUT2D eigenvalue weighted by molar-refractivity contribution is 8.05. The van der Waals surface area contributed by atoms with Crippen LogP contribution < -0.4 is 21.7 Å². The number of amides is 3. The maximum absolute atomic E-state index is 13.6. The molecule has 1 saturated carbocycles. The lowest BCUT2D eigenvalue weighted by Crippen LogP contribution is -2.60. The number of nitrogens with two attached hydrogens (primary N) is 1. The van der Waals surface area contributed by atoms with Crippen LogP contribution in [0.1, 0.15) is 48.5 Å². The summed E-state index contributed by atoms with van der Waals surface area (Å²) in [6.45, 7) is 3.62. The zero-order chi connectivity index (χ0) is 27.6. The molecule has 1 unspecified atom stereocenters. The minimum absolute atomic E-state index is 0.0141. The summed E-state index contributed by atoms with van der Waals surface area (Å²) in [6.07, 6.45) is 2.44. The molecule has 12 heteroatoms. The Hall–Kier alpha value is -3.25. The minimum atomic E-state index is -0.863. The smallest absolute Gasteiger partial charge is 0.256 e. The van der Waals surface area contributed by atoms with Crippen molar-refractivity contribution in [3.05, 3.63) is 46.0 Å². The highest BCUT2D eigenvalue weighted by Gasteiger charge is 2.45. The van der Waals surface area contributed by atoms with Crippen molar-refractivity contribution in [1.82, 2.24) is 25.8 Å². The van der Waals surface area contributed by atoms with Crippen LogP contribution in [0.3, 0.4) is 0 Å². The lowest BCUT2D eigenvalue weighted by atomic mass is 9.81. The Bertz CT molecular complexity index is 1170. The summed E-state index contributed by atoms with van der Waals surface area (Å²) in [6, 6.07) is 5.70. The standard InChI is InChI=1S/C26H37N7O4S/c1-26(30-19-10-11-33(4)14-21(19)38-26)25(36)29-20-13-17(24(35)32(2)3)8-9-18(20)28-23(34)16-7-5-6-15(12-16)22(27)31-37/h5-7,12,17-18,20,30,37H,8-11,13-14H2,1-4H3,(H2,27,31)(H,28,34)(H,29,36)/t17-,18-,20+,26?/m0/s1. The Labute approximate surface area is 227 Å². The Kier molecular flexibility index (Phi) is 8.22. The number of hydrogen-bond donors (Lipinski definition) is 5. The number of nitrogens with one attached hydrogen (secondary N) is 3. The second kappa shape index (κ2) is 11.2. The van der Waals surface area contributed by atoms with Gasteiger partial charge in [0.15, 0.2) is 10.7 Å². The van der Waals surface area contributed by atoms with Crippen LogP contribution in [0.2, 0.25) is 0 Å². The molecule has 3 amide bonds. The fraction of sp³-hybridized carbons (Fsp3) is 0.538. The zero-order valence-corrected chi connectivity index (χ0v) is 23.1. The van der Waals surface area contributed by atoms with Gasteiger partial charge in [-0.3, -0.25) is 14.4 Å². The summed E-state index contributed by atoms with van der Waals surface area (Å²) in [5.74, 6) is -0.830. The Morgan fingerprint density at radius 2 is 1.95 bits per heavy atom. The number of carbonyl (C=O) groups is 3. The molecule has 1 aliphatic carbocycles. The molecule has 0 saturated heterocycles. The first-order valence-electron chi connectivity index (χ1n) is 12.8. The maximum Gasteiger partial charge on any atom is 0.256 e. The third kappa shape index (κ3) is 5.91. The van der Waals surface area contributed by atoms with E-state index in [1.807, 2.05) is 6.92 Å². The second-order valence-electron chi connectivity index (χ2n) is 10.6. The predicted molar refractivity (Wildman–Crippen MR) is 146 cm³/mol. The van der Waals surface area contributed by atoms with Crippen LogP contribution in [0, 0.1) is 5.92 Å². The molecule has 1 aromatic rings. The third-order valence-corrected chi connectivity index (χ3v) is 8.76. The number of amidine groups is 1. The van der Waals surface area contributed by atoms with E-state index >= 15 is 0 Å². The van der Waals surface area contributed by atoms with Gasteiger partial charge in [-0.15, -0.1) is 0 Å². The average molecular weight is 544 g/mol. The molecular weight excluding hydrogens is 506 g/mol. The maximum atomic E-state index is 13.6. The zero-order valence-electron chi connectivity index (χ0n) is 22.3. The lowest BCUT2D eigenvalue weighted by molar-refractivity contribution is -0.135. The summed E-state index contributed by atoms with van der Waals surface area (Å²) in [7, 11) is 5.52. The highest BCUT2D eigenvalue weighted by atomic mass is 32.2. The number of hydrogen-bond acceptors (Lipinski definition) is 8. The number of rotatable bonds is 6. The van der Waals surface area contributed by atoms with Crippen molar-refractivity contribution in [3.63, 3.8) is 0 Å². The Balaban J connectivity index is 1.50. The molecule has 4 atom stereocenters. The van der Waals surface area contributed by atoms with Gasteiger partial charge in [0.05, 0.1) is 0 Å². The molecule has 38 heavy (non-hydrogen) atoms. The van der Waals surface area contributed by atoms with Crippen LogP contribution >= 0.6 is 11.8 Å². The highest BCUT2D eigenvalue weighted by Crippen LogP contribution is 2.42. The predicted octanol–water partition coefficient (Wildman–Crippen LogP) is 0.852. The summed E-state index contributed by atoms with van der Waals surface area (Å²) < 4.78 is 0. The third-order valence-electron chi connectivity index (χ3n) is 7.45. The van der Waals surface area contributed by atoms with Crippen LogP contribution in [-0.4, -0.2) is 89.8 Å². The molecule has 1 fully saturated rings. The monoisotopic (exact) mass is 543 g/mol. The quantitative estimate of drug-likeness (QED) is 0.153. The molecule has 6 N–H and O–H groups in total. The van der Waals surface area contributed by atoms with Crippen LogP contribution in [0.15, 0.2) is 40.0 Å². The van der Waals surface area contributed by atoms with Gasteiger partial charge in [-0.1, -0.05) is 29.1 Å². The summed E-state index contributed by atoms with van der Waals surface area (Å²) >= 11 is 1.54. The van der Waals surface area contributed by atoms with Crippen molar-refractivity contribution in [2.75, 3.05) is 34.2 Å². The first-order chi connectivity index (χ1) is 18.0. The van der Waals surface area contributed by atoms with Gasteiger partial charge in [0.2, 0.25) is 5.91 Å². The van der Waals surface area contributed by atoms with Gasteiger partial charge in [0.1, 0.15) is 0 Å². The number of benzene rings is 1. The number of nitrogens with zero attached hydrogens (tertiary/aromatic N) is 3. The lowest BCUT2D eigenvalue weighted by Gasteiger charge is -2.38. The average Bonchev–Trinajstić information content (AvgIpc) is 3.25. The molecule has 11 nitrogen and oxygen atoms in total. The largest absolute Gasteiger partial charge is 0.409 e. The van der Waals surface area contributed by atoms with E-state index in [1.54, 1.807) is 43.3 Å². The van der Waals surface area contributed by atoms with Crippen molar-refractivity contribution in [1.29, 1.82) is 0 Å². The van der Waals surface area contributed by atoms with Crippen LogP contribution in [-0.2, 0) is 9.59 Å². The minimum Gasteiger partial charge on any atom is -0.409 e. The Morgan fingerprint density at radius 1 is 1.21 bits per heavy atom. The van der Waals surface area contributed by atoms with Crippen LogP contribution in [0.5, 0.6) is 0 Å². The molecule has 0 aromatic heterocycles. The fourth-order valence-electron chi connectivity index (χ4n) is 5.28. The number of carbonyl (C=O) groups excluding carboxylic acids is 3. The van der Waals surface area contributed by atoms with E-state index in [1.165, 1.54) is 16.7 Å². The molecule has 3 aliphatic rings. The Morgan fingerprint density at radius 3 is 2.66 bits per heavy atom. The molecule has 1 aromatic carbocycles. The molecule has 0 spiro atoms. The molecule has 0 radical (unpaired) electrons. The molecule has 4 rings (SSSR count). The van der Waals surface area contributed by atoms with Gasteiger partial charge in [-0.2, -0.15) is 0 Å². The normalized spacial score (nSPS) is 27.8. The van der Waals surface area contributed by atoms with Crippen molar-refractivity contribution in [2.45, 2.75) is 49.6 Å². The molecule has 0 bridgehead atoms. The van der Waals surface area contributed by atoms with Gasteiger partial charge >= 0.3 is 0 Å². The first-order valence-corrected chi connectivity index (χ1v) is 13.6. The first kappa shape index (κ1) is 27.8. The van der Waals surface area contributed by atoms with Crippen molar-refractivity contribution in [3.8, 4) is 0 Å². The summed E-state index contributed by atoms with van der Waals surface area (Å²) in [4.78, 5) is 43.7. The van der Waals surface area contributed by atoms with Crippen LogP contribution in [0.25, 0.3) is 0 Å².